The zero-order valence-corrected chi connectivity index (χ0v) is 16.3. The molecule has 7 heteroatoms. The lowest BCUT2D eigenvalue weighted by atomic mass is 9.94. The molecule has 2 aliphatic carbocycles. The monoisotopic (exact) mass is 401 g/mol. The Hall–Kier alpha value is -2.85. The zero-order chi connectivity index (χ0) is 21.0. The van der Waals surface area contributed by atoms with E-state index in [2.05, 4.69) is 5.92 Å². The molecule has 0 saturated heterocycles. The summed E-state index contributed by atoms with van der Waals surface area (Å²) in [5.41, 5.74) is 1.45. The quantitative estimate of drug-likeness (QED) is 0.323. The molecular formula is C22H25O7+. The third-order valence-electron chi connectivity index (χ3n) is 5.45. The Morgan fingerprint density at radius 1 is 1.41 bits per heavy atom. The molecule has 0 bridgehead atoms. The van der Waals surface area contributed by atoms with Crippen molar-refractivity contribution in [1.29, 1.82) is 0 Å². The lowest BCUT2D eigenvalue weighted by Crippen LogP contribution is -2.36. The number of carbonyl (C=O) groups is 2. The second-order valence-electron chi connectivity index (χ2n) is 7.33. The van der Waals surface area contributed by atoms with E-state index < -0.39 is 30.4 Å². The highest BCUT2D eigenvalue weighted by Crippen LogP contribution is 2.34. The summed E-state index contributed by atoms with van der Waals surface area (Å²) < 4.78 is 15.9. The van der Waals surface area contributed by atoms with Gasteiger partial charge in [-0.15, -0.1) is 12.3 Å². The highest BCUT2D eigenvalue weighted by Gasteiger charge is 2.45. The Bertz CT molecular complexity index is 838. The average Bonchev–Trinajstić information content (AvgIpc) is 3.20. The van der Waals surface area contributed by atoms with Crippen molar-refractivity contribution >= 4 is 17.7 Å². The fraction of sp³-hybridized carbons (Fsp3) is 0.500. The fourth-order valence-corrected chi connectivity index (χ4v) is 3.89. The van der Waals surface area contributed by atoms with Crippen LogP contribution in [0.1, 0.15) is 48.0 Å². The Kier molecular flexibility index (Phi) is 6.55. The number of methoxy groups -OCH3 is 1. The van der Waals surface area contributed by atoms with Gasteiger partial charge in [-0.05, 0) is 43.0 Å². The lowest BCUT2D eigenvalue weighted by Gasteiger charge is -2.18. The Morgan fingerprint density at radius 2 is 2.21 bits per heavy atom. The molecule has 0 aliphatic heterocycles. The SMILES string of the molecule is C#CCCCC(OC(=[OH+])OC1C(=O)CCC1O)C1Cc2cc(OC)ccc2C1=O. The number of aliphatic hydroxyl groups excluding tert-OH is 1. The molecule has 4 unspecified atom stereocenters. The molecule has 154 valence electrons. The second kappa shape index (κ2) is 9.10. The molecule has 2 aliphatic rings. The molecule has 0 spiro atoms. The van der Waals surface area contributed by atoms with Crippen molar-refractivity contribution in [3.63, 3.8) is 0 Å². The summed E-state index contributed by atoms with van der Waals surface area (Å²) >= 11 is 0. The largest absolute Gasteiger partial charge is 0.713 e. The number of ketones is 2. The molecule has 1 aromatic rings. The van der Waals surface area contributed by atoms with Crippen LogP contribution < -0.4 is 4.74 Å². The topological polar surface area (TPSA) is 103 Å². The van der Waals surface area contributed by atoms with Gasteiger partial charge in [0.05, 0.1) is 13.0 Å². The van der Waals surface area contributed by atoms with Crippen molar-refractivity contribution < 1.29 is 33.7 Å². The minimum Gasteiger partial charge on any atom is -0.497 e. The minimum absolute atomic E-state index is 0.0851. The summed E-state index contributed by atoms with van der Waals surface area (Å²) in [5, 5.41) is 9.82. The van der Waals surface area contributed by atoms with Gasteiger partial charge in [-0.2, -0.15) is 0 Å². The highest BCUT2D eigenvalue weighted by atomic mass is 16.7. The number of rotatable bonds is 7. The molecule has 3 rings (SSSR count). The number of terminal acetylenes is 1. The van der Waals surface area contributed by atoms with Gasteiger partial charge in [0.15, 0.2) is 17.7 Å². The molecule has 0 aromatic heterocycles. The van der Waals surface area contributed by atoms with Crippen LogP contribution in [0.3, 0.4) is 0 Å². The lowest BCUT2D eigenvalue weighted by molar-refractivity contribution is -0.128. The van der Waals surface area contributed by atoms with Crippen LogP contribution in [0.2, 0.25) is 0 Å². The van der Waals surface area contributed by atoms with Crippen molar-refractivity contribution in [1.82, 2.24) is 0 Å². The third-order valence-corrected chi connectivity index (χ3v) is 5.45. The van der Waals surface area contributed by atoms with E-state index in [1.807, 2.05) is 6.07 Å². The maximum Gasteiger partial charge on any atom is 0.713 e. The van der Waals surface area contributed by atoms with E-state index in [4.69, 9.17) is 20.6 Å². The van der Waals surface area contributed by atoms with E-state index in [1.54, 1.807) is 19.2 Å². The van der Waals surface area contributed by atoms with Crippen molar-refractivity contribution in [2.75, 3.05) is 7.11 Å². The Morgan fingerprint density at radius 3 is 2.86 bits per heavy atom. The second-order valence-corrected chi connectivity index (χ2v) is 7.33. The number of hydrogen-bond donors (Lipinski definition) is 1. The van der Waals surface area contributed by atoms with Crippen molar-refractivity contribution in [2.45, 2.75) is 56.8 Å². The first-order chi connectivity index (χ1) is 13.9. The van der Waals surface area contributed by atoms with E-state index in [0.717, 1.165) is 5.56 Å². The summed E-state index contributed by atoms with van der Waals surface area (Å²) in [6.07, 6.45) is 4.13. The molecule has 0 radical (unpaired) electrons. The maximum atomic E-state index is 12.9. The molecule has 1 saturated carbocycles. The number of benzene rings is 1. The zero-order valence-electron chi connectivity index (χ0n) is 16.3. The predicted molar refractivity (Wildman–Crippen MR) is 104 cm³/mol. The minimum atomic E-state index is -1.15. The molecule has 29 heavy (non-hydrogen) atoms. The summed E-state index contributed by atoms with van der Waals surface area (Å²) in [6, 6.07) is 5.27. The molecule has 7 nitrogen and oxygen atoms in total. The summed E-state index contributed by atoms with van der Waals surface area (Å²) in [4.78, 5) is 34.8. The first-order valence-corrected chi connectivity index (χ1v) is 9.69. The Balaban J connectivity index is 1.71. The van der Waals surface area contributed by atoms with Crippen LogP contribution >= 0.6 is 0 Å². The van der Waals surface area contributed by atoms with Gasteiger partial charge >= 0.3 is 6.16 Å². The van der Waals surface area contributed by atoms with Gasteiger partial charge in [0.1, 0.15) is 11.9 Å². The first-order valence-electron chi connectivity index (χ1n) is 9.69. The van der Waals surface area contributed by atoms with Crippen molar-refractivity contribution in [3.05, 3.63) is 29.3 Å². The highest BCUT2D eigenvalue weighted by molar-refractivity contribution is 6.02. The number of unbranched alkanes of at least 4 members (excludes halogenated alkanes) is 1. The summed E-state index contributed by atoms with van der Waals surface area (Å²) in [7, 11) is 1.56. The average molecular weight is 401 g/mol. The Labute approximate surface area is 169 Å². The number of hydrogen-bond acceptors (Lipinski definition) is 6. The van der Waals surface area contributed by atoms with Crippen LogP contribution in [-0.4, -0.2) is 53.0 Å². The van der Waals surface area contributed by atoms with Crippen molar-refractivity contribution in [2.24, 2.45) is 5.92 Å². The van der Waals surface area contributed by atoms with Gasteiger partial charge in [-0.1, -0.05) is 0 Å². The predicted octanol–water partition coefficient (Wildman–Crippen LogP) is 1.81. The third kappa shape index (κ3) is 4.60. The van der Waals surface area contributed by atoms with E-state index >= 15 is 0 Å². The van der Waals surface area contributed by atoms with Gasteiger partial charge in [-0.25, -0.2) is 0 Å². The maximum absolute atomic E-state index is 12.9. The van der Waals surface area contributed by atoms with Gasteiger partial charge in [0.25, 0.3) is 6.10 Å². The van der Waals surface area contributed by atoms with Crippen LogP contribution in [0.5, 0.6) is 5.75 Å². The van der Waals surface area contributed by atoms with Crippen LogP contribution in [0.4, 0.5) is 0 Å². The van der Waals surface area contributed by atoms with Gasteiger partial charge < -0.3 is 24.1 Å². The van der Waals surface area contributed by atoms with E-state index in [1.165, 1.54) is 0 Å². The van der Waals surface area contributed by atoms with E-state index in [9.17, 15) is 19.5 Å². The molecule has 0 heterocycles. The molecular weight excluding hydrogens is 376 g/mol. The summed E-state index contributed by atoms with van der Waals surface area (Å²) in [6.45, 7) is 0. The number of fused-ring (bicyclic) bond motifs is 1. The van der Waals surface area contributed by atoms with E-state index in [-0.39, 0.29) is 24.4 Å². The molecule has 4 atom stereocenters. The molecule has 2 N–H and O–H groups in total. The molecule has 1 fully saturated rings. The molecule has 0 amide bonds. The smallest absolute Gasteiger partial charge is 0.497 e. The van der Waals surface area contributed by atoms with Crippen LogP contribution in [0, 0.1) is 18.3 Å². The van der Waals surface area contributed by atoms with Crippen LogP contribution in [0.15, 0.2) is 18.2 Å². The fourth-order valence-electron chi connectivity index (χ4n) is 3.89. The van der Waals surface area contributed by atoms with Crippen molar-refractivity contribution in [3.8, 4) is 18.1 Å². The normalized spacial score (nSPS) is 24.0. The van der Waals surface area contributed by atoms with Gasteiger partial charge in [0, 0.05) is 24.8 Å². The standard InChI is InChI=1S/C22H24O7/c1-3-4-5-6-19(28-22(26)29-21-17(23)9-10-18(21)24)16-12-13-11-14(27-2)7-8-15(13)20(16)25/h1,7-8,11,16-17,19,21,23H,4-6,9-10,12H2,2H3/p+1. The van der Waals surface area contributed by atoms with Crippen LogP contribution in [-0.2, 0) is 20.7 Å². The number of aliphatic hydroxyl groups is 1. The van der Waals surface area contributed by atoms with Crippen LogP contribution in [0.25, 0.3) is 0 Å². The molecule has 1 aromatic carbocycles. The number of carbonyl (C=O) groups excluding carboxylic acids is 3. The van der Waals surface area contributed by atoms with Gasteiger partial charge in [0.2, 0.25) is 0 Å². The number of Topliss-reactive ketones (excluding diaryl/α,β-unsaturated/α-hetero) is 2. The van der Waals surface area contributed by atoms with Gasteiger partial charge in [-0.3, -0.25) is 9.59 Å². The number of ether oxygens (including phenoxy) is 3. The van der Waals surface area contributed by atoms with E-state index in [0.29, 0.717) is 37.0 Å². The first kappa shape index (κ1) is 20.9. The summed E-state index contributed by atoms with van der Waals surface area (Å²) in [5.74, 6) is 2.30.